The lowest BCUT2D eigenvalue weighted by Crippen LogP contribution is -2.31. The molecule has 10 heteroatoms. The minimum absolute atomic E-state index is 0.236. The van der Waals surface area contributed by atoms with Crippen LogP contribution < -0.4 is 21.1 Å². The minimum atomic E-state index is -0.776. The Morgan fingerprint density at radius 1 is 1.25 bits per heavy atom. The van der Waals surface area contributed by atoms with Gasteiger partial charge in [0, 0.05) is 30.1 Å². The maximum atomic E-state index is 13.2. The molecule has 0 saturated heterocycles. The minimum Gasteiger partial charge on any atom is -0.505 e. The molecule has 0 unspecified atom stereocenters. The third kappa shape index (κ3) is 5.49. The Balaban J connectivity index is 1.90. The van der Waals surface area contributed by atoms with Crippen molar-refractivity contribution >= 4 is 29.0 Å². The molecule has 1 heterocycles. The number of nitrogens with zero attached hydrogens (tertiary/aromatic N) is 2. The van der Waals surface area contributed by atoms with Crippen LogP contribution in [-0.4, -0.2) is 33.1 Å². The summed E-state index contributed by atoms with van der Waals surface area (Å²) in [4.78, 5) is 12.4. The second-order valence-electron chi connectivity index (χ2n) is 7.82. The lowest BCUT2D eigenvalue weighted by molar-refractivity contribution is 0.103. The first kappa shape index (κ1) is 23.4. The van der Waals surface area contributed by atoms with E-state index in [4.69, 9.17) is 22.1 Å². The van der Waals surface area contributed by atoms with Crippen molar-refractivity contribution in [1.29, 1.82) is 0 Å². The first-order valence-electron chi connectivity index (χ1n) is 9.87. The maximum Gasteiger partial charge on any atom is 0.323 e. The molecule has 5 N–H and O–H groups in total. The summed E-state index contributed by atoms with van der Waals surface area (Å²) in [6.45, 7) is 4.34. The molecular weight excluding hydrogens is 437 g/mol. The van der Waals surface area contributed by atoms with E-state index in [9.17, 15) is 14.3 Å². The summed E-state index contributed by atoms with van der Waals surface area (Å²) in [5.41, 5.74) is 7.14. The van der Waals surface area contributed by atoms with E-state index in [1.54, 1.807) is 29.9 Å². The van der Waals surface area contributed by atoms with Gasteiger partial charge in [-0.05, 0) is 57.1 Å². The average Bonchev–Trinajstić information content (AvgIpc) is 3.04. The molecule has 0 atom stereocenters. The molecule has 0 spiro atoms. The molecule has 0 aliphatic carbocycles. The van der Waals surface area contributed by atoms with Crippen LogP contribution >= 0.6 is 11.6 Å². The number of aromatic hydroxyl groups is 1. The number of halogens is 2. The van der Waals surface area contributed by atoms with E-state index in [1.165, 1.54) is 12.3 Å². The Kier molecular flexibility index (Phi) is 6.90. The fourth-order valence-corrected chi connectivity index (χ4v) is 3.44. The summed E-state index contributed by atoms with van der Waals surface area (Å²) in [5, 5.41) is 19.3. The highest BCUT2D eigenvalue weighted by Crippen LogP contribution is 2.38. The molecule has 3 rings (SSSR count). The number of carbonyl (C=O) groups is 1. The predicted molar refractivity (Wildman–Crippen MR) is 123 cm³/mol. The summed E-state index contributed by atoms with van der Waals surface area (Å²) >= 11 is 6.36. The Bertz CT molecular complexity index is 1110. The van der Waals surface area contributed by atoms with Crippen LogP contribution in [-0.2, 0) is 7.05 Å². The van der Waals surface area contributed by atoms with Crippen LogP contribution in [0, 0.1) is 5.82 Å². The third-order valence-electron chi connectivity index (χ3n) is 4.72. The number of carbonyl (C=O) groups excluding carboxylic acids is 1. The number of nitrogens with one attached hydrogen (secondary N) is 2. The van der Waals surface area contributed by atoms with Crippen molar-refractivity contribution in [2.45, 2.75) is 25.9 Å². The average molecular weight is 462 g/mol. The molecule has 170 valence electrons. The maximum absolute atomic E-state index is 13.2. The van der Waals surface area contributed by atoms with Gasteiger partial charge in [0.15, 0.2) is 11.6 Å². The summed E-state index contributed by atoms with van der Waals surface area (Å²) in [5.74, 6) is -0.775. The number of hydrogen-bond acceptors (Lipinski definition) is 5. The van der Waals surface area contributed by atoms with Gasteiger partial charge >= 0.3 is 6.03 Å². The number of phenols is 1. The topological polar surface area (TPSA) is 114 Å². The van der Waals surface area contributed by atoms with E-state index in [2.05, 4.69) is 15.7 Å². The molecule has 0 fully saturated rings. The van der Waals surface area contributed by atoms with E-state index in [0.717, 1.165) is 12.1 Å². The van der Waals surface area contributed by atoms with Gasteiger partial charge < -0.3 is 26.2 Å². The van der Waals surface area contributed by atoms with Crippen molar-refractivity contribution in [3.05, 3.63) is 53.4 Å². The molecule has 32 heavy (non-hydrogen) atoms. The number of hydrogen-bond donors (Lipinski definition) is 4. The lowest BCUT2D eigenvalue weighted by Gasteiger charge is -2.27. The van der Waals surface area contributed by atoms with E-state index in [1.807, 2.05) is 13.8 Å². The van der Waals surface area contributed by atoms with Crippen LogP contribution in [0.3, 0.4) is 0 Å². The van der Waals surface area contributed by atoms with Crippen molar-refractivity contribution < 1.29 is 19.0 Å². The molecule has 0 aliphatic heterocycles. The number of aromatic nitrogens is 2. The van der Waals surface area contributed by atoms with Gasteiger partial charge in [-0.15, -0.1) is 0 Å². The first-order valence-corrected chi connectivity index (χ1v) is 10.2. The predicted octanol–water partition coefficient (Wildman–Crippen LogP) is 4.74. The quantitative estimate of drug-likeness (QED) is 0.406. The normalized spacial score (nSPS) is 11.3. The Morgan fingerprint density at radius 3 is 2.50 bits per heavy atom. The van der Waals surface area contributed by atoms with Crippen LogP contribution in [0.1, 0.15) is 20.3 Å². The van der Waals surface area contributed by atoms with Gasteiger partial charge in [-0.2, -0.15) is 5.10 Å². The summed E-state index contributed by atoms with van der Waals surface area (Å²) in [7, 11) is 1.75. The smallest absolute Gasteiger partial charge is 0.323 e. The highest BCUT2D eigenvalue weighted by molar-refractivity contribution is 6.33. The molecule has 2 amide bonds. The Morgan fingerprint density at radius 2 is 1.91 bits per heavy atom. The van der Waals surface area contributed by atoms with Gasteiger partial charge in [-0.3, -0.25) is 4.68 Å². The number of nitrogens with two attached hydrogens (primary N) is 1. The highest BCUT2D eigenvalue weighted by Gasteiger charge is 2.23. The van der Waals surface area contributed by atoms with Crippen LogP contribution in [0.5, 0.6) is 11.5 Å². The molecule has 0 bridgehead atoms. The number of rotatable bonds is 7. The standard InChI is InChI=1S/C22H25ClFN5O3/c1-22(2,8-9-25)32-19-7-5-13(10-15(19)20-16(23)12-26-29(20)3)27-21(31)28-14-4-6-17(24)18(30)11-14/h4-7,10-12,30H,8-9,25H2,1-3H3,(H2,27,28,31). The third-order valence-corrected chi connectivity index (χ3v) is 5.00. The van der Waals surface area contributed by atoms with Gasteiger partial charge in [-0.25, -0.2) is 9.18 Å². The fraction of sp³-hybridized carbons (Fsp3) is 0.273. The summed E-state index contributed by atoms with van der Waals surface area (Å²) in [6.07, 6.45) is 2.16. The van der Waals surface area contributed by atoms with Crippen LogP contribution in [0.2, 0.25) is 5.02 Å². The number of anilines is 2. The van der Waals surface area contributed by atoms with Crippen LogP contribution in [0.25, 0.3) is 11.3 Å². The van der Waals surface area contributed by atoms with Gasteiger partial charge in [0.05, 0.1) is 16.9 Å². The lowest BCUT2D eigenvalue weighted by atomic mass is 10.0. The van der Waals surface area contributed by atoms with Crippen molar-refractivity contribution in [3.8, 4) is 22.8 Å². The molecule has 0 radical (unpaired) electrons. The van der Waals surface area contributed by atoms with E-state index in [0.29, 0.717) is 40.7 Å². The molecule has 0 saturated carbocycles. The number of benzene rings is 2. The highest BCUT2D eigenvalue weighted by atomic mass is 35.5. The SMILES string of the molecule is Cn1ncc(Cl)c1-c1cc(NC(=O)Nc2ccc(F)c(O)c2)ccc1OC(C)(C)CCN. The van der Waals surface area contributed by atoms with E-state index < -0.39 is 23.2 Å². The Hall–Kier alpha value is -3.30. The zero-order chi connectivity index (χ0) is 23.5. The molecule has 8 nitrogen and oxygen atoms in total. The molecule has 2 aromatic carbocycles. The van der Waals surface area contributed by atoms with Crippen LogP contribution in [0.15, 0.2) is 42.6 Å². The van der Waals surface area contributed by atoms with E-state index >= 15 is 0 Å². The molecular formula is C22H25ClFN5O3. The van der Waals surface area contributed by atoms with Crippen molar-refractivity contribution in [1.82, 2.24) is 9.78 Å². The van der Waals surface area contributed by atoms with Gasteiger partial charge in [0.25, 0.3) is 0 Å². The van der Waals surface area contributed by atoms with Gasteiger partial charge in [-0.1, -0.05) is 11.6 Å². The van der Waals surface area contributed by atoms with E-state index in [-0.39, 0.29) is 5.69 Å². The number of ether oxygens (including phenoxy) is 1. The molecule has 1 aromatic heterocycles. The van der Waals surface area contributed by atoms with Crippen LogP contribution in [0.4, 0.5) is 20.6 Å². The monoisotopic (exact) mass is 461 g/mol. The largest absolute Gasteiger partial charge is 0.505 e. The first-order chi connectivity index (χ1) is 15.1. The van der Waals surface area contributed by atoms with Gasteiger partial charge in [0.1, 0.15) is 11.4 Å². The van der Waals surface area contributed by atoms with Crippen molar-refractivity contribution in [3.63, 3.8) is 0 Å². The van der Waals surface area contributed by atoms with Crippen molar-refractivity contribution in [2.75, 3.05) is 17.2 Å². The summed E-state index contributed by atoms with van der Waals surface area (Å²) < 4.78 is 21.0. The number of phenolic OH excluding ortho intramolecular Hbond substituents is 1. The van der Waals surface area contributed by atoms with Gasteiger partial charge in [0.2, 0.25) is 0 Å². The number of amides is 2. The zero-order valence-electron chi connectivity index (χ0n) is 17.9. The molecule has 3 aromatic rings. The number of urea groups is 1. The number of aryl methyl sites for hydroxylation is 1. The fourth-order valence-electron chi connectivity index (χ4n) is 3.18. The second-order valence-corrected chi connectivity index (χ2v) is 8.23. The second kappa shape index (κ2) is 9.46. The zero-order valence-corrected chi connectivity index (χ0v) is 18.7. The molecule has 0 aliphatic rings. The Labute approximate surface area is 190 Å². The summed E-state index contributed by atoms with van der Waals surface area (Å²) in [6, 6.07) is 8.08. The van der Waals surface area contributed by atoms with Crippen molar-refractivity contribution in [2.24, 2.45) is 12.8 Å².